The smallest absolute Gasteiger partial charge is 0.267 e. The summed E-state index contributed by atoms with van der Waals surface area (Å²) in [5.74, 6) is -0.443. The molecular weight excluding hydrogens is 232 g/mol. The molecule has 98 valence electrons. The van der Waals surface area contributed by atoms with Crippen molar-refractivity contribution in [2.45, 2.75) is 51.6 Å². The Morgan fingerprint density at radius 1 is 1.19 bits per heavy atom. The topological polar surface area (TPSA) is 83.8 Å². The van der Waals surface area contributed by atoms with Gasteiger partial charge in [0.2, 0.25) is 0 Å². The number of hydrogen-bond acceptors (Lipinski definition) is 4. The molecule has 1 atom stereocenters. The van der Waals surface area contributed by atoms with Crippen LogP contribution in [0.25, 0.3) is 0 Å². The van der Waals surface area contributed by atoms with Gasteiger partial charge in [-0.25, -0.2) is 0 Å². The second kappa shape index (κ2) is 8.92. The van der Waals surface area contributed by atoms with E-state index in [-0.39, 0.29) is 0 Å². The molecule has 0 heterocycles. The van der Waals surface area contributed by atoms with Gasteiger partial charge in [0.25, 0.3) is 10.1 Å². The zero-order valence-electron chi connectivity index (χ0n) is 9.76. The lowest BCUT2D eigenvalue weighted by molar-refractivity contribution is -0.0446. The number of aliphatic hydroxyl groups excluding tert-OH is 1. The van der Waals surface area contributed by atoms with Gasteiger partial charge in [0.15, 0.2) is 0 Å². The zero-order valence-corrected chi connectivity index (χ0v) is 10.6. The number of rotatable bonds is 10. The number of unbranched alkanes of at least 4 members (excludes halogenated alkanes) is 4. The van der Waals surface area contributed by atoms with Gasteiger partial charge in [-0.3, -0.25) is 4.55 Å². The molecule has 0 aliphatic heterocycles. The minimum absolute atomic E-state index is 0.443. The molecular formula is C10H22O5S. The van der Waals surface area contributed by atoms with E-state index in [1.165, 1.54) is 6.42 Å². The molecule has 1 unspecified atom stereocenters. The normalized spacial score (nSPS) is 13.9. The van der Waals surface area contributed by atoms with Crippen LogP contribution in [-0.2, 0) is 14.9 Å². The van der Waals surface area contributed by atoms with Crippen LogP contribution in [0.3, 0.4) is 0 Å². The van der Waals surface area contributed by atoms with Gasteiger partial charge in [-0.15, -0.1) is 0 Å². The van der Waals surface area contributed by atoms with E-state index in [0.29, 0.717) is 6.42 Å². The summed E-state index contributed by atoms with van der Waals surface area (Å²) in [4.78, 5) is 0. The summed E-state index contributed by atoms with van der Waals surface area (Å²) in [6.45, 7) is 1.60. The average Bonchev–Trinajstić information content (AvgIpc) is 2.15. The maximum atomic E-state index is 10.6. The molecule has 0 fully saturated rings. The predicted octanol–water partition coefficient (Wildman–Crippen LogP) is 1.57. The summed E-state index contributed by atoms with van der Waals surface area (Å²) >= 11 is 0. The average molecular weight is 254 g/mol. The molecule has 0 amide bonds. The molecule has 0 aromatic heterocycles. The van der Waals surface area contributed by atoms with Crippen LogP contribution in [0.1, 0.15) is 45.4 Å². The Kier molecular flexibility index (Phi) is 8.83. The minimum Gasteiger partial charge on any atom is -0.371 e. The minimum atomic E-state index is -4.03. The Morgan fingerprint density at radius 3 is 2.31 bits per heavy atom. The molecule has 0 saturated heterocycles. The Bertz CT molecular complexity index is 250. The predicted molar refractivity (Wildman–Crippen MR) is 61.8 cm³/mol. The molecule has 0 aromatic rings. The van der Waals surface area contributed by atoms with Crippen LogP contribution in [0.5, 0.6) is 0 Å². The number of ether oxygens (including phenoxy) is 1. The first kappa shape index (κ1) is 15.8. The molecule has 0 spiro atoms. The van der Waals surface area contributed by atoms with E-state index < -0.39 is 28.8 Å². The van der Waals surface area contributed by atoms with Crippen molar-refractivity contribution < 1.29 is 22.8 Å². The van der Waals surface area contributed by atoms with Crippen LogP contribution in [0, 0.1) is 0 Å². The van der Waals surface area contributed by atoms with Crippen molar-refractivity contribution in [3.05, 3.63) is 0 Å². The van der Waals surface area contributed by atoms with Gasteiger partial charge in [0.05, 0.1) is 6.10 Å². The van der Waals surface area contributed by atoms with Crippen molar-refractivity contribution in [1.29, 1.82) is 0 Å². The molecule has 0 radical (unpaired) electrons. The van der Waals surface area contributed by atoms with E-state index >= 15 is 0 Å². The fraction of sp³-hybridized carbons (Fsp3) is 1.00. The number of aliphatic hydroxyl groups is 1. The highest BCUT2D eigenvalue weighted by Crippen LogP contribution is 2.10. The Labute approximate surface area is 97.6 Å². The molecule has 6 heteroatoms. The Hall–Kier alpha value is -0.170. The summed E-state index contributed by atoms with van der Waals surface area (Å²) in [6, 6.07) is 0. The Morgan fingerprint density at radius 2 is 1.81 bits per heavy atom. The highest BCUT2D eigenvalue weighted by atomic mass is 32.2. The fourth-order valence-corrected chi connectivity index (χ4v) is 2.26. The van der Waals surface area contributed by atoms with Crippen LogP contribution in [0.15, 0.2) is 0 Å². The molecule has 2 N–H and O–H groups in total. The van der Waals surface area contributed by atoms with Crippen molar-refractivity contribution >= 4 is 10.1 Å². The summed E-state index contributed by atoms with van der Waals surface area (Å²) < 4.78 is 34.8. The second-order valence-electron chi connectivity index (χ2n) is 3.87. The lowest BCUT2D eigenvalue weighted by Crippen LogP contribution is -2.24. The van der Waals surface area contributed by atoms with Crippen molar-refractivity contribution in [2.24, 2.45) is 0 Å². The number of hydrogen-bond donors (Lipinski definition) is 2. The van der Waals surface area contributed by atoms with Gasteiger partial charge < -0.3 is 9.84 Å². The standard InChI is InChI=1S/C10H22O5S/c1-2-3-4-5-6-7-10(15-9-11)8-16(12,13)14/h10-11H,2-9H2,1H3,(H,12,13,14). The molecule has 0 saturated carbocycles. The second-order valence-corrected chi connectivity index (χ2v) is 5.37. The van der Waals surface area contributed by atoms with Crippen LogP contribution in [0.4, 0.5) is 0 Å². The van der Waals surface area contributed by atoms with E-state index in [4.69, 9.17) is 14.4 Å². The molecule has 0 bridgehead atoms. The zero-order chi connectivity index (χ0) is 12.4. The molecule has 0 aromatic carbocycles. The highest BCUT2D eigenvalue weighted by Gasteiger charge is 2.16. The van der Waals surface area contributed by atoms with E-state index in [9.17, 15) is 8.42 Å². The highest BCUT2D eigenvalue weighted by molar-refractivity contribution is 7.85. The Balaban J connectivity index is 3.77. The molecule has 5 nitrogen and oxygen atoms in total. The van der Waals surface area contributed by atoms with Gasteiger partial charge in [-0.1, -0.05) is 39.0 Å². The maximum Gasteiger partial charge on any atom is 0.267 e. The van der Waals surface area contributed by atoms with E-state index in [1.54, 1.807) is 0 Å². The maximum absolute atomic E-state index is 10.6. The largest absolute Gasteiger partial charge is 0.371 e. The molecule has 16 heavy (non-hydrogen) atoms. The van der Waals surface area contributed by atoms with Crippen molar-refractivity contribution in [3.8, 4) is 0 Å². The SMILES string of the molecule is CCCCCCCC(CS(=O)(=O)O)OCO. The van der Waals surface area contributed by atoms with Gasteiger partial charge in [0, 0.05) is 0 Å². The van der Waals surface area contributed by atoms with Gasteiger partial charge in [0.1, 0.15) is 12.5 Å². The molecule has 0 aliphatic carbocycles. The first-order valence-corrected chi connectivity index (χ1v) is 7.28. The van der Waals surface area contributed by atoms with Gasteiger partial charge >= 0.3 is 0 Å². The summed E-state index contributed by atoms with van der Waals surface area (Å²) in [7, 11) is -4.03. The first-order chi connectivity index (χ1) is 7.49. The quantitative estimate of drug-likeness (QED) is 0.351. The van der Waals surface area contributed by atoms with Crippen LogP contribution in [-0.4, -0.2) is 36.7 Å². The fourth-order valence-electron chi connectivity index (χ4n) is 1.53. The monoisotopic (exact) mass is 254 g/mol. The van der Waals surface area contributed by atoms with Crippen molar-refractivity contribution in [2.75, 3.05) is 12.5 Å². The summed E-state index contributed by atoms with van der Waals surface area (Å²) in [5, 5.41) is 8.58. The van der Waals surface area contributed by atoms with Crippen molar-refractivity contribution in [3.63, 3.8) is 0 Å². The van der Waals surface area contributed by atoms with Crippen LogP contribution in [0.2, 0.25) is 0 Å². The van der Waals surface area contributed by atoms with E-state index in [2.05, 4.69) is 6.92 Å². The lowest BCUT2D eigenvalue weighted by Gasteiger charge is -2.14. The molecule has 0 rings (SSSR count). The third-order valence-electron chi connectivity index (χ3n) is 2.34. The lowest BCUT2D eigenvalue weighted by atomic mass is 10.1. The third-order valence-corrected chi connectivity index (χ3v) is 3.13. The van der Waals surface area contributed by atoms with E-state index in [0.717, 1.165) is 25.7 Å². The third kappa shape index (κ3) is 10.4. The van der Waals surface area contributed by atoms with Gasteiger partial charge in [-0.05, 0) is 6.42 Å². The van der Waals surface area contributed by atoms with Gasteiger partial charge in [-0.2, -0.15) is 8.42 Å². The van der Waals surface area contributed by atoms with Crippen LogP contribution >= 0.6 is 0 Å². The molecule has 0 aliphatic rings. The summed E-state index contributed by atoms with van der Waals surface area (Å²) in [5.41, 5.74) is 0. The van der Waals surface area contributed by atoms with Crippen molar-refractivity contribution in [1.82, 2.24) is 0 Å². The van der Waals surface area contributed by atoms with Crippen LogP contribution < -0.4 is 0 Å². The summed E-state index contributed by atoms with van der Waals surface area (Å²) in [6.07, 6.45) is 5.25. The van der Waals surface area contributed by atoms with E-state index in [1.807, 2.05) is 0 Å². The first-order valence-electron chi connectivity index (χ1n) is 5.67.